The van der Waals surface area contributed by atoms with Crippen LogP contribution in [-0.4, -0.2) is 44.7 Å². The van der Waals surface area contributed by atoms with Gasteiger partial charge in [0.15, 0.2) is 0 Å². The SMILES string of the molecule is CCC(O)(O)O.OCCCCCCCCO. The molecule has 5 heteroatoms. The van der Waals surface area contributed by atoms with Crippen LogP contribution in [0.3, 0.4) is 0 Å². The van der Waals surface area contributed by atoms with Crippen molar-refractivity contribution in [2.24, 2.45) is 0 Å². The van der Waals surface area contributed by atoms with Crippen molar-refractivity contribution in [2.45, 2.75) is 57.8 Å². The lowest BCUT2D eigenvalue weighted by Gasteiger charge is -2.08. The Morgan fingerprint density at radius 3 is 1.12 bits per heavy atom. The van der Waals surface area contributed by atoms with Crippen LogP contribution in [-0.2, 0) is 0 Å². The summed E-state index contributed by atoms with van der Waals surface area (Å²) in [6, 6.07) is 0. The van der Waals surface area contributed by atoms with Gasteiger partial charge < -0.3 is 25.5 Å². The molecule has 0 aromatic carbocycles. The molecule has 100 valence electrons. The number of hydrogen-bond donors (Lipinski definition) is 5. The van der Waals surface area contributed by atoms with Crippen LogP contribution in [0.15, 0.2) is 0 Å². The van der Waals surface area contributed by atoms with Crippen molar-refractivity contribution in [1.29, 1.82) is 0 Å². The van der Waals surface area contributed by atoms with E-state index in [0.29, 0.717) is 13.2 Å². The highest BCUT2D eigenvalue weighted by atomic mass is 16.7. The van der Waals surface area contributed by atoms with E-state index in [1.807, 2.05) is 0 Å². The summed E-state index contributed by atoms with van der Waals surface area (Å²) in [7, 11) is 0. The Morgan fingerprint density at radius 1 is 0.688 bits per heavy atom. The number of unbranched alkanes of at least 4 members (excludes halogenated alkanes) is 5. The van der Waals surface area contributed by atoms with Crippen LogP contribution < -0.4 is 0 Å². The van der Waals surface area contributed by atoms with E-state index < -0.39 is 5.97 Å². The van der Waals surface area contributed by atoms with E-state index in [9.17, 15) is 0 Å². The molecule has 0 saturated heterocycles. The molecular weight excluding hydrogens is 212 g/mol. The molecule has 0 saturated carbocycles. The standard InChI is InChI=1S/C8H18O2.C3H8O3/c9-7-5-3-1-2-4-6-8-10;1-2-3(4,5)6/h9-10H,1-8H2;4-6H,2H2,1H3. The van der Waals surface area contributed by atoms with Gasteiger partial charge in [0.1, 0.15) is 0 Å². The van der Waals surface area contributed by atoms with E-state index in [1.54, 1.807) is 0 Å². The fourth-order valence-corrected chi connectivity index (χ4v) is 0.931. The molecule has 0 spiro atoms. The zero-order valence-electron chi connectivity index (χ0n) is 10.1. The second kappa shape index (κ2) is 12.9. The molecule has 5 N–H and O–H groups in total. The van der Waals surface area contributed by atoms with E-state index in [1.165, 1.54) is 19.8 Å². The predicted octanol–water partition coefficient (Wildman–Crippen LogP) is 0.339. The van der Waals surface area contributed by atoms with Gasteiger partial charge in [-0.25, -0.2) is 0 Å². The summed E-state index contributed by atoms with van der Waals surface area (Å²) in [5, 5.41) is 40.7. The van der Waals surface area contributed by atoms with Gasteiger partial charge in [-0.15, -0.1) is 0 Å². The molecule has 0 aromatic heterocycles. The van der Waals surface area contributed by atoms with E-state index in [-0.39, 0.29) is 6.42 Å². The molecule has 5 nitrogen and oxygen atoms in total. The lowest BCUT2D eigenvalue weighted by atomic mass is 10.1. The van der Waals surface area contributed by atoms with Gasteiger partial charge in [0, 0.05) is 19.6 Å². The molecule has 0 aliphatic carbocycles. The third-order valence-corrected chi connectivity index (χ3v) is 2.04. The third kappa shape index (κ3) is 23.5. The van der Waals surface area contributed by atoms with Crippen molar-refractivity contribution >= 4 is 0 Å². The summed E-state index contributed by atoms with van der Waals surface area (Å²) in [5.41, 5.74) is 0. The van der Waals surface area contributed by atoms with Crippen LogP contribution in [0, 0.1) is 0 Å². The molecule has 0 aliphatic heterocycles. The highest BCUT2D eigenvalue weighted by molar-refractivity contribution is 4.43. The van der Waals surface area contributed by atoms with Crippen molar-refractivity contribution in [3.05, 3.63) is 0 Å². The fraction of sp³-hybridized carbons (Fsp3) is 1.00. The molecule has 0 fully saturated rings. The molecule has 0 atom stereocenters. The van der Waals surface area contributed by atoms with Gasteiger partial charge in [-0.2, -0.15) is 0 Å². The van der Waals surface area contributed by atoms with Crippen LogP contribution in [0.2, 0.25) is 0 Å². The molecule has 0 aromatic rings. The molecule has 0 aliphatic rings. The first-order chi connectivity index (χ1) is 7.47. The van der Waals surface area contributed by atoms with Gasteiger partial charge >= 0.3 is 0 Å². The van der Waals surface area contributed by atoms with E-state index in [2.05, 4.69) is 0 Å². The van der Waals surface area contributed by atoms with Gasteiger partial charge in [0.05, 0.1) is 0 Å². The second-order valence-corrected chi connectivity index (χ2v) is 3.70. The van der Waals surface area contributed by atoms with Crippen molar-refractivity contribution < 1.29 is 25.5 Å². The minimum absolute atomic E-state index is 0.0625. The molecular formula is C11H26O5. The van der Waals surface area contributed by atoms with Crippen molar-refractivity contribution in [1.82, 2.24) is 0 Å². The number of aliphatic hydroxyl groups excluding tert-OH is 2. The van der Waals surface area contributed by atoms with Crippen molar-refractivity contribution in [3.8, 4) is 0 Å². The molecule has 0 bridgehead atoms. The first kappa shape index (κ1) is 18.2. The first-order valence-corrected chi connectivity index (χ1v) is 5.86. The molecule has 0 amide bonds. The highest BCUT2D eigenvalue weighted by Gasteiger charge is 2.11. The molecule has 0 unspecified atom stereocenters. The van der Waals surface area contributed by atoms with E-state index in [4.69, 9.17) is 25.5 Å². The summed E-state index contributed by atoms with van der Waals surface area (Å²) in [4.78, 5) is 0. The van der Waals surface area contributed by atoms with Crippen molar-refractivity contribution in [3.63, 3.8) is 0 Å². The maximum atomic E-state index is 8.43. The van der Waals surface area contributed by atoms with Gasteiger partial charge in [0.25, 0.3) is 5.97 Å². The average molecular weight is 238 g/mol. The average Bonchev–Trinajstić information content (AvgIpc) is 2.23. The van der Waals surface area contributed by atoms with Gasteiger partial charge in [-0.1, -0.05) is 32.6 Å². The molecule has 0 rings (SSSR count). The topological polar surface area (TPSA) is 101 Å². The lowest BCUT2D eigenvalue weighted by Crippen LogP contribution is -2.24. The van der Waals surface area contributed by atoms with Gasteiger partial charge in [0.2, 0.25) is 0 Å². The maximum Gasteiger partial charge on any atom is 0.274 e. The number of rotatable bonds is 8. The Hall–Kier alpha value is -0.200. The third-order valence-electron chi connectivity index (χ3n) is 2.04. The van der Waals surface area contributed by atoms with Crippen LogP contribution in [0.4, 0.5) is 0 Å². The zero-order valence-corrected chi connectivity index (χ0v) is 10.1. The molecule has 16 heavy (non-hydrogen) atoms. The Labute approximate surface area is 97.4 Å². The van der Waals surface area contributed by atoms with Crippen LogP contribution in [0.1, 0.15) is 51.9 Å². The first-order valence-electron chi connectivity index (χ1n) is 5.86. The van der Waals surface area contributed by atoms with Crippen LogP contribution >= 0.6 is 0 Å². The second-order valence-electron chi connectivity index (χ2n) is 3.70. The molecule has 0 heterocycles. The summed E-state index contributed by atoms with van der Waals surface area (Å²) in [6.45, 7) is 2.10. The van der Waals surface area contributed by atoms with Crippen LogP contribution in [0.5, 0.6) is 0 Å². The van der Waals surface area contributed by atoms with Gasteiger partial charge in [-0.05, 0) is 12.8 Å². The fourth-order valence-electron chi connectivity index (χ4n) is 0.931. The highest BCUT2D eigenvalue weighted by Crippen LogP contribution is 2.03. The zero-order chi connectivity index (χ0) is 12.9. The summed E-state index contributed by atoms with van der Waals surface area (Å²) in [6.07, 6.45) is 6.44. The minimum atomic E-state index is -2.46. The van der Waals surface area contributed by atoms with Crippen LogP contribution in [0.25, 0.3) is 0 Å². The van der Waals surface area contributed by atoms with Gasteiger partial charge in [-0.3, -0.25) is 0 Å². The Morgan fingerprint density at radius 2 is 0.938 bits per heavy atom. The largest absolute Gasteiger partial charge is 0.396 e. The van der Waals surface area contributed by atoms with E-state index >= 15 is 0 Å². The Kier molecular flexibility index (Phi) is 14.6. The maximum absolute atomic E-state index is 8.43. The number of hydrogen-bond acceptors (Lipinski definition) is 5. The minimum Gasteiger partial charge on any atom is -0.396 e. The predicted molar refractivity (Wildman–Crippen MR) is 61.6 cm³/mol. The summed E-state index contributed by atoms with van der Waals surface area (Å²) < 4.78 is 0. The monoisotopic (exact) mass is 238 g/mol. The summed E-state index contributed by atoms with van der Waals surface area (Å²) >= 11 is 0. The molecule has 0 radical (unpaired) electrons. The Bertz CT molecular complexity index is 114. The van der Waals surface area contributed by atoms with E-state index in [0.717, 1.165) is 25.7 Å². The normalized spacial score (nSPS) is 10.9. The summed E-state index contributed by atoms with van der Waals surface area (Å²) in [5.74, 6) is -2.46. The van der Waals surface area contributed by atoms with Crippen molar-refractivity contribution in [2.75, 3.05) is 13.2 Å². The smallest absolute Gasteiger partial charge is 0.274 e. The quantitative estimate of drug-likeness (QED) is 0.310. The lowest BCUT2D eigenvalue weighted by molar-refractivity contribution is -0.312. The number of aliphatic hydroxyl groups is 5. The Balaban J connectivity index is 0.